The number of halogens is 1. The Labute approximate surface area is 134 Å². The third kappa shape index (κ3) is 3.20. The fraction of sp³-hybridized carbons (Fsp3) is 0.444. The van der Waals surface area contributed by atoms with Crippen LogP contribution in [-0.2, 0) is 0 Å². The molecule has 4 nitrogen and oxygen atoms in total. The van der Waals surface area contributed by atoms with Crippen molar-refractivity contribution in [3.05, 3.63) is 41.3 Å². The van der Waals surface area contributed by atoms with Gasteiger partial charge in [-0.2, -0.15) is 0 Å². The van der Waals surface area contributed by atoms with E-state index < -0.39 is 0 Å². The second kappa shape index (κ2) is 6.24. The molecule has 0 spiro atoms. The number of aryl methyl sites for hydroxylation is 1. The smallest absolute Gasteiger partial charge is 0.254 e. The van der Waals surface area contributed by atoms with E-state index in [-0.39, 0.29) is 23.7 Å². The van der Waals surface area contributed by atoms with Crippen LogP contribution < -0.4 is 0 Å². The first-order valence-electron chi connectivity index (χ1n) is 8.00. The molecule has 1 atom stereocenters. The maximum Gasteiger partial charge on any atom is 0.254 e. The lowest BCUT2D eigenvalue weighted by molar-refractivity contribution is 0.0523. The van der Waals surface area contributed by atoms with Gasteiger partial charge < -0.3 is 10.0 Å². The zero-order valence-corrected chi connectivity index (χ0v) is 13.4. The summed E-state index contributed by atoms with van der Waals surface area (Å²) < 4.78 is 13.4. The summed E-state index contributed by atoms with van der Waals surface area (Å²) in [5.74, 6) is -0.146. The topological polar surface area (TPSA) is 53.4 Å². The molecular weight excluding hydrogens is 295 g/mol. The lowest BCUT2D eigenvalue weighted by Gasteiger charge is -2.33. The van der Waals surface area contributed by atoms with Crippen LogP contribution in [0, 0.1) is 18.7 Å². The molecule has 0 saturated carbocycles. The Morgan fingerprint density at radius 2 is 2.04 bits per heavy atom. The maximum atomic E-state index is 13.4. The van der Waals surface area contributed by atoms with E-state index in [1.54, 1.807) is 26.0 Å². The first-order valence-corrected chi connectivity index (χ1v) is 8.00. The van der Waals surface area contributed by atoms with Crippen LogP contribution in [0.1, 0.15) is 35.8 Å². The Hall–Kier alpha value is -2.01. The summed E-state index contributed by atoms with van der Waals surface area (Å²) in [6, 6.07) is 6.10. The van der Waals surface area contributed by atoms with Crippen molar-refractivity contribution in [2.45, 2.75) is 32.8 Å². The van der Waals surface area contributed by atoms with Gasteiger partial charge in [0.05, 0.1) is 17.2 Å². The van der Waals surface area contributed by atoms with Crippen molar-refractivity contribution in [2.75, 3.05) is 13.1 Å². The van der Waals surface area contributed by atoms with Gasteiger partial charge in [-0.05, 0) is 50.8 Å². The molecule has 1 amide bonds. The number of nitrogens with zero attached hydrogens (tertiary/aromatic N) is 2. The largest absolute Gasteiger partial charge is 0.393 e. The van der Waals surface area contributed by atoms with Crippen molar-refractivity contribution < 1.29 is 14.3 Å². The van der Waals surface area contributed by atoms with Crippen LogP contribution in [-0.4, -0.2) is 40.1 Å². The number of carbonyl (C=O) groups excluding carboxylic acids is 1. The van der Waals surface area contributed by atoms with E-state index in [2.05, 4.69) is 4.98 Å². The van der Waals surface area contributed by atoms with Gasteiger partial charge in [-0.3, -0.25) is 9.78 Å². The quantitative estimate of drug-likeness (QED) is 0.927. The number of hydrogen-bond donors (Lipinski definition) is 1. The number of pyridine rings is 1. The molecule has 1 aromatic carbocycles. The molecule has 3 rings (SSSR count). The Morgan fingerprint density at radius 1 is 1.35 bits per heavy atom. The lowest BCUT2D eigenvalue weighted by Crippen LogP contribution is -2.40. The van der Waals surface area contributed by atoms with Gasteiger partial charge in [-0.15, -0.1) is 0 Å². The van der Waals surface area contributed by atoms with E-state index in [1.165, 1.54) is 12.1 Å². The van der Waals surface area contributed by atoms with Crippen LogP contribution >= 0.6 is 0 Å². The number of amides is 1. The summed E-state index contributed by atoms with van der Waals surface area (Å²) in [5, 5.41) is 10.4. The summed E-state index contributed by atoms with van der Waals surface area (Å²) in [6.07, 6.45) is 1.28. The van der Waals surface area contributed by atoms with Gasteiger partial charge in [0.2, 0.25) is 0 Å². The van der Waals surface area contributed by atoms with Gasteiger partial charge in [0, 0.05) is 30.2 Å². The monoisotopic (exact) mass is 316 g/mol. The molecule has 0 radical (unpaired) electrons. The maximum absolute atomic E-state index is 13.4. The Bertz CT molecular complexity index is 732. The molecule has 0 aliphatic carbocycles. The third-order valence-corrected chi connectivity index (χ3v) is 4.64. The fourth-order valence-electron chi connectivity index (χ4n) is 3.27. The molecule has 1 aliphatic heterocycles. The van der Waals surface area contributed by atoms with Crippen molar-refractivity contribution >= 4 is 16.8 Å². The summed E-state index contributed by atoms with van der Waals surface area (Å²) in [5.41, 5.74) is 1.78. The van der Waals surface area contributed by atoms with E-state index in [0.717, 1.165) is 12.8 Å². The average molecular weight is 316 g/mol. The van der Waals surface area contributed by atoms with Crippen LogP contribution in [0.2, 0.25) is 0 Å². The van der Waals surface area contributed by atoms with Gasteiger partial charge in [-0.1, -0.05) is 0 Å². The standard InChI is InChI=1S/C18H21FN2O2/c1-11-9-16(15-4-3-14(19)10-17(15)20-11)18(23)21-7-5-13(6-8-21)12(2)22/h3-4,9-10,12-13,22H,5-8H2,1-2H3. The predicted octanol–water partition coefficient (Wildman–Crippen LogP) is 2.92. The second-order valence-electron chi connectivity index (χ2n) is 6.34. The van der Waals surface area contributed by atoms with E-state index in [0.29, 0.717) is 35.2 Å². The zero-order valence-electron chi connectivity index (χ0n) is 13.4. The Kier molecular flexibility index (Phi) is 4.31. The van der Waals surface area contributed by atoms with E-state index >= 15 is 0 Å². The number of likely N-dealkylation sites (tertiary alicyclic amines) is 1. The van der Waals surface area contributed by atoms with Crippen molar-refractivity contribution in [1.82, 2.24) is 9.88 Å². The highest BCUT2D eigenvalue weighted by Gasteiger charge is 2.27. The number of hydrogen-bond acceptors (Lipinski definition) is 3. The summed E-state index contributed by atoms with van der Waals surface area (Å²) in [6.45, 7) is 4.88. The minimum Gasteiger partial charge on any atom is -0.393 e. The van der Waals surface area contributed by atoms with Gasteiger partial charge >= 0.3 is 0 Å². The minimum atomic E-state index is -0.355. The SMILES string of the molecule is Cc1cc(C(=O)N2CCC(C(C)O)CC2)c2ccc(F)cc2n1. The first kappa shape index (κ1) is 15.9. The molecule has 5 heteroatoms. The molecular formula is C18H21FN2O2. The van der Waals surface area contributed by atoms with Crippen LogP contribution in [0.15, 0.2) is 24.3 Å². The van der Waals surface area contributed by atoms with Crippen LogP contribution in [0.5, 0.6) is 0 Å². The molecule has 23 heavy (non-hydrogen) atoms. The molecule has 1 aliphatic rings. The van der Waals surface area contributed by atoms with E-state index in [4.69, 9.17) is 0 Å². The first-order chi connectivity index (χ1) is 11.0. The van der Waals surface area contributed by atoms with Crippen LogP contribution in [0.4, 0.5) is 4.39 Å². The highest BCUT2D eigenvalue weighted by Crippen LogP contribution is 2.25. The second-order valence-corrected chi connectivity index (χ2v) is 6.34. The number of piperidine rings is 1. The molecule has 1 aromatic heterocycles. The van der Waals surface area contributed by atoms with Crippen molar-refractivity contribution in [3.8, 4) is 0 Å². The molecule has 122 valence electrons. The number of aliphatic hydroxyl groups is 1. The summed E-state index contributed by atoms with van der Waals surface area (Å²) in [4.78, 5) is 19.0. The Morgan fingerprint density at radius 3 is 2.70 bits per heavy atom. The normalized spacial score (nSPS) is 17.5. The lowest BCUT2D eigenvalue weighted by atomic mass is 9.91. The van der Waals surface area contributed by atoms with Crippen molar-refractivity contribution in [1.29, 1.82) is 0 Å². The summed E-state index contributed by atoms with van der Waals surface area (Å²) >= 11 is 0. The van der Waals surface area contributed by atoms with Crippen molar-refractivity contribution in [2.24, 2.45) is 5.92 Å². The van der Waals surface area contributed by atoms with Gasteiger partial charge in [0.15, 0.2) is 0 Å². The predicted molar refractivity (Wildman–Crippen MR) is 86.7 cm³/mol. The van der Waals surface area contributed by atoms with Crippen LogP contribution in [0.3, 0.4) is 0 Å². The van der Waals surface area contributed by atoms with E-state index in [1.807, 2.05) is 4.90 Å². The van der Waals surface area contributed by atoms with Gasteiger partial charge in [-0.25, -0.2) is 4.39 Å². The minimum absolute atomic E-state index is 0.0452. The Balaban J connectivity index is 1.90. The molecule has 1 unspecified atom stereocenters. The molecule has 0 bridgehead atoms. The van der Waals surface area contributed by atoms with E-state index in [9.17, 15) is 14.3 Å². The number of aromatic nitrogens is 1. The van der Waals surface area contributed by atoms with Crippen molar-refractivity contribution in [3.63, 3.8) is 0 Å². The van der Waals surface area contributed by atoms with Gasteiger partial charge in [0.25, 0.3) is 5.91 Å². The fourth-order valence-corrected chi connectivity index (χ4v) is 3.27. The number of rotatable bonds is 2. The molecule has 1 N–H and O–H groups in total. The molecule has 2 aromatic rings. The number of carbonyl (C=O) groups is 1. The highest BCUT2D eigenvalue weighted by atomic mass is 19.1. The van der Waals surface area contributed by atoms with Gasteiger partial charge in [0.1, 0.15) is 5.82 Å². The number of fused-ring (bicyclic) bond motifs is 1. The average Bonchev–Trinajstić information content (AvgIpc) is 2.53. The molecule has 1 fully saturated rings. The molecule has 1 saturated heterocycles. The third-order valence-electron chi connectivity index (χ3n) is 4.64. The van der Waals surface area contributed by atoms with Crippen LogP contribution in [0.25, 0.3) is 10.9 Å². The molecule has 2 heterocycles. The summed E-state index contributed by atoms with van der Waals surface area (Å²) in [7, 11) is 0. The number of aliphatic hydroxyl groups excluding tert-OH is 1. The highest BCUT2D eigenvalue weighted by molar-refractivity contribution is 6.06. The zero-order chi connectivity index (χ0) is 16.6. The number of benzene rings is 1.